The van der Waals surface area contributed by atoms with Crippen molar-refractivity contribution in [3.8, 4) is 28.4 Å². The van der Waals surface area contributed by atoms with Gasteiger partial charge in [0.15, 0.2) is 0 Å². The van der Waals surface area contributed by atoms with Crippen LogP contribution in [-0.4, -0.2) is 32.3 Å². The van der Waals surface area contributed by atoms with Gasteiger partial charge in [-0.25, -0.2) is 10.1 Å². The summed E-state index contributed by atoms with van der Waals surface area (Å²) in [4.78, 5) is 24.0. The minimum absolute atomic E-state index is 0.281. The molecule has 2 N–H and O–H groups in total. The summed E-state index contributed by atoms with van der Waals surface area (Å²) in [5, 5.41) is 6.11. The zero-order chi connectivity index (χ0) is 16.5. The molecule has 0 fully saturated rings. The maximum atomic E-state index is 11.9. The molecule has 118 valence electrons. The normalized spacial score (nSPS) is 10.9. The molecule has 4 rings (SSSR count). The van der Waals surface area contributed by atoms with Gasteiger partial charge in [0, 0.05) is 24.0 Å². The predicted octanol–water partition coefficient (Wildman–Crippen LogP) is 2.38. The minimum atomic E-state index is -0.281. The van der Waals surface area contributed by atoms with Crippen LogP contribution in [0.25, 0.3) is 33.7 Å². The molecule has 7 heteroatoms. The fraction of sp³-hybridized carbons (Fsp3) is 0.0588. The summed E-state index contributed by atoms with van der Waals surface area (Å²) in [6.45, 7) is 0. The van der Waals surface area contributed by atoms with Crippen molar-refractivity contribution in [1.82, 2.24) is 25.1 Å². The number of aromatic amines is 2. The van der Waals surface area contributed by atoms with E-state index in [1.54, 1.807) is 19.4 Å². The van der Waals surface area contributed by atoms with Gasteiger partial charge in [0.2, 0.25) is 0 Å². The van der Waals surface area contributed by atoms with Crippen LogP contribution in [0.3, 0.4) is 0 Å². The molecule has 3 heterocycles. The molecule has 0 spiro atoms. The summed E-state index contributed by atoms with van der Waals surface area (Å²) in [6.07, 6.45) is 3.18. The van der Waals surface area contributed by atoms with Crippen LogP contribution in [0.1, 0.15) is 0 Å². The Hall–Kier alpha value is -3.48. The highest BCUT2D eigenvalue weighted by Crippen LogP contribution is 2.25. The number of ether oxygens (including phenoxy) is 1. The van der Waals surface area contributed by atoms with Crippen LogP contribution in [0.15, 0.2) is 53.6 Å². The van der Waals surface area contributed by atoms with Crippen LogP contribution in [0.2, 0.25) is 0 Å². The van der Waals surface area contributed by atoms with Gasteiger partial charge in [-0.1, -0.05) is 0 Å². The van der Waals surface area contributed by atoms with Gasteiger partial charge in [-0.2, -0.15) is 5.10 Å². The lowest BCUT2D eigenvalue weighted by Crippen LogP contribution is -2.10. The first-order chi connectivity index (χ1) is 11.7. The number of fused-ring (bicyclic) bond motifs is 1. The standard InChI is InChI=1S/C17H13N5O2/c1-24-11-2-3-13-15(9-11)21-16(20-13)10-4-6-18-14(8-10)12-5-7-19-22-17(12)23/h2-9H,1H3,(H,20,21)(H,22,23). The van der Waals surface area contributed by atoms with Crippen molar-refractivity contribution in [2.45, 2.75) is 0 Å². The van der Waals surface area contributed by atoms with Crippen molar-refractivity contribution in [3.05, 3.63) is 59.1 Å². The van der Waals surface area contributed by atoms with E-state index in [0.29, 0.717) is 17.1 Å². The Morgan fingerprint density at radius 3 is 2.83 bits per heavy atom. The summed E-state index contributed by atoms with van der Waals surface area (Å²) in [5.41, 5.74) is 3.30. The van der Waals surface area contributed by atoms with Gasteiger partial charge in [-0.15, -0.1) is 0 Å². The molecule has 0 bridgehead atoms. The van der Waals surface area contributed by atoms with Crippen molar-refractivity contribution < 1.29 is 4.74 Å². The molecule has 0 unspecified atom stereocenters. The molecule has 0 radical (unpaired) electrons. The van der Waals surface area contributed by atoms with E-state index in [1.807, 2.05) is 30.3 Å². The monoisotopic (exact) mass is 319 g/mol. The van der Waals surface area contributed by atoms with Gasteiger partial charge in [0.25, 0.3) is 5.56 Å². The van der Waals surface area contributed by atoms with Gasteiger partial charge >= 0.3 is 0 Å². The zero-order valence-electron chi connectivity index (χ0n) is 12.8. The number of nitrogens with zero attached hydrogens (tertiary/aromatic N) is 3. The number of rotatable bonds is 3. The van der Waals surface area contributed by atoms with Crippen molar-refractivity contribution in [2.24, 2.45) is 0 Å². The second kappa shape index (κ2) is 5.62. The highest BCUT2D eigenvalue weighted by Gasteiger charge is 2.10. The molecule has 24 heavy (non-hydrogen) atoms. The highest BCUT2D eigenvalue weighted by molar-refractivity contribution is 5.81. The number of H-pyrrole nitrogens is 2. The summed E-state index contributed by atoms with van der Waals surface area (Å²) in [7, 11) is 1.62. The van der Waals surface area contributed by atoms with Crippen molar-refractivity contribution in [2.75, 3.05) is 7.11 Å². The SMILES string of the molecule is COc1ccc2nc(-c3ccnc(-c4ccn[nH]c4=O)c3)[nH]c2c1. The number of hydrogen-bond donors (Lipinski definition) is 2. The smallest absolute Gasteiger partial charge is 0.273 e. The van der Waals surface area contributed by atoms with Crippen molar-refractivity contribution in [3.63, 3.8) is 0 Å². The van der Waals surface area contributed by atoms with E-state index in [-0.39, 0.29) is 5.56 Å². The molecule has 0 atom stereocenters. The Labute approximate surface area is 136 Å². The lowest BCUT2D eigenvalue weighted by molar-refractivity contribution is 0.415. The van der Waals surface area contributed by atoms with Gasteiger partial charge < -0.3 is 9.72 Å². The van der Waals surface area contributed by atoms with Crippen LogP contribution in [0.4, 0.5) is 0 Å². The van der Waals surface area contributed by atoms with Crippen molar-refractivity contribution >= 4 is 11.0 Å². The Kier molecular flexibility index (Phi) is 3.31. The van der Waals surface area contributed by atoms with Crippen LogP contribution < -0.4 is 10.3 Å². The first-order valence-electron chi connectivity index (χ1n) is 7.29. The fourth-order valence-electron chi connectivity index (χ4n) is 2.52. The maximum absolute atomic E-state index is 11.9. The lowest BCUT2D eigenvalue weighted by Gasteiger charge is -2.01. The number of imidazole rings is 1. The quantitative estimate of drug-likeness (QED) is 0.604. The van der Waals surface area contributed by atoms with Gasteiger partial charge in [0.1, 0.15) is 11.6 Å². The van der Waals surface area contributed by atoms with E-state index in [4.69, 9.17) is 4.74 Å². The van der Waals surface area contributed by atoms with Gasteiger partial charge in [-0.05, 0) is 30.3 Å². The first kappa shape index (κ1) is 14.1. The number of benzene rings is 1. The molecule has 3 aromatic heterocycles. The second-order valence-electron chi connectivity index (χ2n) is 5.20. The van der Waals surface area contributed by atoms with Crippen LogP contribution in [0, 0.1) is 0 Å². The molecule has 0 aliphatic carbocycles. The zero-order valence-corrected chi connectivity index (χ0v) is 12.8. The molecule has 7 nitrogen and oxygen atoms in total. The maximum Gasteiger partial charge on any atom is 0.273 e. The summed E-state index contributed by atoms with van der Waals surface area (Å²) < 4.78 is 5.23. The lowest BCUT2D eigenvalue weighted by atomic mass is 10.1. The Bertz CT molecular complexity index is 1080. The van der Waals surface area contributed by atoms with E-state index >= 15 is 0 Å². The van der Waals surface area contributed by atoms with E-state index in [0.717, 1.165) is 22.3 Å². The van der Waals surface area contributed by atoms with Crippen LogP contribution in [-0.2, 0) is 0 Å². The molecule has 0 amide bonds. The average Bonchev–Trinajstić information content (AvgIpc) is 3.05. The fourth-order valence-corrected chi connectivity index (χ4v) is 2.52. The van der Waals surface area contributed by atoms with E-state index in [2.05, 4.69) is 25.1 Å². The highest BCUT2D eigenvalue weighted by atomic mass is 16.5. The molecule has 0 aliphatic heterocycles. The third kappa shape index (κ3) is 2.41. The number of hydrogen-bond acceptors (Lipinski definition) is 5. The summed E-state index contributed by atoms with van der Waals surface area (Å²) in [6, 6.07) is 10.9. The summed E-state index contributed by atoms with van der Waals surface area (Å²) in [5.74, 6) is 1.46. The number of aromatic nitrogens is 5. The number of nitrogens with one attached hydrogen (secondary N) is 2. The third-order valence-corrected chi connectivity index (χ3v) is 3.72. The Morgan fingerprint density at radius 2 is 2.00 bits per heavy atom. The van der Waals surface area contributed by atoms with Gasteiger partial charge in [-0.3, -0.25) is 9.78 Å². The second-order valence-corrected chi connectivity index (χ2v) is 5.20. The molecular weight excluding hydrogens is 306 g/mol. The number of pyridine rings is 1. The van der Waals surface area contributed by atoms with Crippen LogP contribution in [0.5, 0.6) is 5.75 Å². The molecular formula is C17H13N5O2. The molecule has 0 saturated heterocycles. The molecule has 1 aromatic carbocycles. The van der Waals surface area contributed by atoms with Crippen molar-refractivity contribution in [1.29, 1.82) is 0 Å². The van der Waals surface area contributed by atoms with E-state index < -0.39 is 0 Å². The predicted molar refractivity (Wildman–Crippen MR) is 89.7 cm³/mol. The Balaban J connectivity index is 1.81. The third-order valence-electron chi connectivity index (χ3n) is 3.72. The number of methoxy groups -OCH3 is 1. The topological polar surface area (TPSA) is 96.6 Å². The molecule has 0 saturated carbocycles. The first-order valence-corrected chi connectivity index (χ1v) is 7.29. The van der Waals surface area contributed by atoms with E-state index in [9.17, 15) is 4.79 Å². The van der Waals surface area contributed by atoms with Crippen LogP contribution >= 0.6 is 0 Å². The largest absolute Gasteiger partial charge is 0.497 e. The van der Waals surface area contributed by atoms with Gasteiger partial charge in [0.05, 0.1) is 29.4 Å². The summed E-state index contributed by atoms with van der Waals surface area (Å²) >= 11 is 0. The minimum Gasteiger partial charge on any atom is -0.497 e. The van der Waals surface area contributed by atoms with E-state index in [1.165, 1.54) is 6.20 Å². The molecule has 4 aromatic rings. The Morgan fingerprint density at radius 1 is 1.08 bits per heavy atom. The molecule has 0 aliphatic rings. The average molecular weight is 319 g/mol.